The summed E-state index contributed by atoms with van der Waals surface area (Å²) in [5.41, 5.74) is 5.89. The van der Waals surface area contributed by atoms with E-state index in [0.29, 0.717) is 13.1 Å². The third-order valence-electron chi connectivity index (χ3n) is 2.88. The average Bonchev–Trinajstić information content (AvgIpc) is 2.83. The number of carbonyl (C=O) groups excluding carboxylic acids is 1. The van der Waals surface area contributed by atoms with Gasteiger partial charge in [0, 0.05) is 25.5 Å². The minimum Gasteiger partial charge on any atom is -0.348 e. The Balaban J connectivity index is 2.78. The van der Waals surface area contributed by atoms with E-state index in [2.05, 4.69) is 23.3 Å². The first kappa shape index (κ1) is 15.1. The Bertz CT molecular complexity index is 351. The Morgan fingerprint density at radius 1 is 1.50 bits per heavy atom. The summed E-state index contributed by atoms with van der Waals surface area (Å²) in [4.78, 5) is 16.9. The van der Waals surface area contributed by atoms with Crippen molar-refractivity contribution in [3.05, 3.63) is 22.4 Å². The Kier molecular flexibility index (Phi) is 6.32. The number of rotatable bonds is 7. The lowest BCUT2D eigenvalue weighted by molar-refractivity contribution is -0.130. The Hall–Kier alpha value is -0.910. The fraction of sp³-hybridized carbons (Fsp3) is 0.615. The summed E-state index contributed by atoms with van der Waals surface area (Å²) in [6.45, 7) is 3.98. The SMILES string of the molecule is CCCN(CC(=O)N(C)C)C(CN)c1cccs1. The first-order valence-electron chi connectivity index (χ1n) is 6.27. The Morgan fingerprint density at radius 3 is 2.67 bits per heavy atom. The predicted molar refractivity (Wildman–Crippen MR) is 76.7 cm³/mol. The highest BCUT2D eigenvalue weighted by molar-refractivity contribution is 7.10. The lowest BCUT2D eigenvalue weighted by Gasteiger charge is -2.30. The molecular formula is C13H23N3OS. The van der Waals surface area contributed by atoms with Crippen molar-refractivity contribution in [3.8, 4) is 0 Å². The van der Waals surface area contributed by atoms with Gasteiger partial charge in [-0.2, -0.15) is 0 Å². The van der Waals surface area contributed by atoms with Gasteiger partial charge in [-0.3, -0.25) is 9.69 Å². The second-order valence-electron chi connectivity index (χ2n) is 4.53. The van der Waals surface area contributed by atoms with Crippen LogP contribution in [-0.2, 0) is 4.79 Å². The number of carbonyl (C=O) groups is 1. The predicted octanol–water partition coefficient (Wildman–Crippen LogP) is 1.55. The summed E-state index contributed by atoms with van der Waals surface area (Å²) >= 11 is 1.70. The van der Waals surface area contributed by atoms with E-state index >= 15 is 0 Å². The lowest BCUT2D eigenvalue weighted by Crippen LogP contribution is -2.41. The largest absolute Gasteiger partial charge is 0.348 e. The van der Waals surface area contributed by atoms with Crippen LogP contribution in [0.4, 0.5) is 0 Å². The maximum absolute atomic E-state index is 11.9. The molecule has 0 spiro atoms. The van der Waals surface area contributed by atoms with E-state index in [0.717, 1.165) is 13.0 Å². The monoisotopic (exact) mass is 269 g/mol. The van der Waals surface area contributed by atoms with Gasteiger partial charge in [0.15, 0.2) is 0 Å². The van der Waals surface area contributed by atoms with Gasteiger partial charge in [0.05, 0.1) is 12.6 Å². The number of likely N-dealkylation sites (N-methyl/N-ethyl adjacent to an activating group) is 1. The zero-order valence-electron chi connectivity index (χ0n) is 11.4. The molecule has 102 valence electrons. The van der Waals surface area contributed by atoms with Crippen LogP contribution in [0.15, 0.2) is 17.5 Å². The third kappa shape index (κ3) is 4.08. The van der Waals surface area contributed by atoms with Crippen LogP contribution in [0.5, 0.6) is 0 Å². The standard InChI is InChI=1S/C13H23N3OS/c1-4-7-16(10-13(17)15(2)3)11(9-14)12-6-5-8-18-12/h5-6,8,11H,4,7,9-10,14H2,1-3H3. The second-order valence-corrected chi connectivity index (χ2v) is 5.50. The topological polar surface area (TPSA) is 49.6 Å². The molecule has 0 aromatic carbocycles. The summed E-state index contributed by atoms with van der Waals surface area (Å²) < 4.78 is 0. The van der Waals surface area contributed by atoms with E-state index in [1.807, 2.05) is 6.07 Å². The fourth-order valence-corrected chi connectivity index (χ4v) is 2.75. The molecule has 1 amide bonds. The van der Waals surface area contributed by atoms with Gasteiger partial charge in [0.2, 0.25) is 5.91 Å². The zero-order valence-corrected chi connectivity index (χ0v) is 12.2. The highest BCUT2D eigenvalue weighted by Crippen LogP contribution is 2.24. The maximum Gasteiger partial charge on any atom is 0.236 e. The van der Waals surface area contributed by atoms with Crippen molar-refractivity contribution in [1.29, 1.82) is 0 Å². The maximum atomic E-state index is 11.9. The van der Waals surface area contributed by atoms with Crippen LogP contribution in [0.25, 0.3) is 0 Å². The van der Waals surface area contributed by atoms with Crippen molar-refractivity contribution in [3.63, 3.8) is 0 Å². The molecule has 0 aliphatic heterocycles. The average molecular weight is 269 g/mol. The smallest absolute Gasteiger partial charge is 0.236 e. The van der Waals surface area contributed by atoms with E-state index in [4.69, 9.17) is 5.73 Å². The molecule has 1 atom stereocenters. The lowest BCUT2D eigenvalue weighted by atomic mass is 10.2. The van der Waals surface area contributed by atoms with Gasteiger partial charge in [-0.05, 0) is 24.4 Å². The van der Waals surface area contributed by atoms with Gasteiger partial charge in [0.25, 0.3) is 0 Å². The zero-order chi connectivity index (χ0) is 13.5. The highest BCUT2D eigenvalue weighted by Gasteiger charge is 2.22. The fourth-order valence-electron chi connectivity index (χ4n) is 1.87. The molecule has 0 saturated heterocycles. The van der Waals surface area contributed by atoms with E-state index in [9.17, 15) is 4.79 Å². The molecular weight excluding hydrogens is 246 g/mol. The quantitative estimate of drug-likeness (QED) is 0.817. The minimum absolute atomic E-state index is 0.124. The van der Waals surface area contributed by atoms with Gasteiger partial charge in [-0.1, -0.05) is 13.0 Å². The molecule has 0 radical (unpaired) electrons. The first-order valence-corrected chi connectivity index (χ1v) is 7.15. The van der Waals surface area contributed by atoms with Gasteiger partial charge < -0.3 is 10.6 Å². The van der Waals surface area contributed by atoms with Crippen molar-refractivity contribution in [1.82, 2.24) is 9.80 Å². The van der Waals surface area contributed by atoms with Crippen molar-refractivity contribution >= 4 is 17.2 Å². The molecule has 0 aliphatic carbocycles. The summed E-state index contributed by atoms with van der Waals surface area (Å²) in [5.74, 6) is 0.124. The van der Waals surface area contributed by atoms with Crippen LogP contribution in [0.1, 0.15) is 24.3 Å². The molecule has 0 saturated carbocycles. The van der Waals surface area contributed by atoms with Crippen molar-refractivity contribution < 1.29 is 4.79 Å². The van der Waals surface area contributed by atoms with Crippen LogP contribution in [0, 0.1) is 0 Å². The molecule has 1 aromatic rings. The molecule has 1 aromatic heterocycles. The van der Waals surface area contributed by atoms with Crippen molar-refractivity contribution in [2.24, 2.45) is 5.73 Å². The van der Waals surface area contributed by atoms with Gasteiger partial charge in [0.1, 0.15) is 0 Å². The highest BCUT2D eigenvalue weighted by atomic mass is 32.1. The summed E-state index contributed by atoms with van der Waals surface area (Å²) in [6, 6.07) is 4.26. The number of amides is 1. The van der Waals surface area contributed by atoms with E-state index in [1.54, 1.807) is 30.3 Å². The molecule has 0 aliphatic rings. The van der Waals surface area contributed by atoms with Crippen LogP contribution < -0.4 is 5.73 Å². The molecule has 1 rings (SSSR count). The van der Waals surface area contributed by atoms with E-state index in [-0.39, 0.29) is 11.9 Å². The van der Waals surface area contributed by atoms with Crippen molar-refractivity contribution in [2.45, 2.75) is 19.4 Å². The van der Waals surface area contributed by atoms with Crippen molar-refractivity contribution in [2.75, 3.05) is 33.7 Å². The normalized spacial score (nSPS) is 12.7. The van der Waals surface area contributed by atoms with E-state index < -0.39 is 0 Å². The minimum atomic E-state index is 0.124. The van der Waals surface area contributed by atoms with Crippen LogP contribution >= 0.6 is 11.3 Å². The number of nitrogens with two attached hydrogens (primary N) is 1. The third-order valence-corrected chi connectivity index (χ3v) is 3.86. The summed E-state index contributed by atoms with van der Waals surface area (Å²) in [6.07, 6.45) is 1.02. The molecule has 18 heavy (non-hydrogen) atoms. The van der Waals surface area contributed by atoms with Crippen LogP contribution in [-0.4, -0.2) is 49.4 Å². The molecule has 5 heteroatoms. The number of nitrogens with zero attached hydrogens (tertiary/aromatic N) is 2. The molecule has 1 unspecified atom stereocenters. The van der Waals surface area contributed by atoms with Gasteiger partial charge >= 0.3 is 0 Å². The summed E-state index contributed by atoms with van der Waals surface area (Å²) in [5, 5.41) is 2.05. The molecule has 1 heterocycles. The number of hydrogen-bond acceptors (Lipinski definition) is 4. The van der Waals surface area contributed by atoms with E-state index in [1.165, 1.54) is 4.88 Å². The number of hydrogen-bond donors (Lipinski definition) is 1. The first-order chi connectivity index (χ1) is 8.60. The van der Waals surface area contributed by atoms with Gasteiger partial charge in [-0.25, -0.2) is 0 Å². The van der Waals surface area contributed by atoms with Gasteiger partial charge in [-0.15, -0.1) is 11.3 Å². The molecule has 4 nitrogen and oxygen atoms in total. The summed E-state index contributed by atoms with van der Waals surface area (Å²) in [7, 11) is 3.57. The van der Waals surface area contributed by atoms with Crippen LogP contribution in [0.3, 0.4) is 0 Å². The van der Waals surface area contributed by atoms with Crippen LogP contribution in [0.2, 0.25) is 0 Å². The second kappa shape index (κ2) is 7.51. The molecule has 0 bridgehead atoms. The number of thiophene rings is 1. The molecule has 2 N–H and O–H groups in total. The molecule has 0 fully saturated rings. The Labute approximate surface area is 113 Å². The Morgan fingerprint density at radius 2 is 2.22 bits per heavy atom.